The van der Waals surface area contributed by atoms with Crippen molar-refractivity contribution in [2.24, 2.45) is 5.92 Å². The maximum atomic E-state index is 12.2. The Morgan fingerprint density at radius 2 is 1.72 bits per heavy atom. The molecule has 3 rings (SSSR count). The second-order valence-electron chi connectivity index (χ2n) is 7.81. The Hall–Kier alpha value is -2.09. The number of anilines is 1. The van der Waals surface area contributed by atoms with Crippen molar-refractivity contribution in [3.63, 3.8) is 0 Å². The highest BCUT2D eigenvalue weighted by Gasteiger charge is 2.34. The number of pyridine rings is 1. The number of nitrogens with one attached hydrogen (secondary N) is 1. The topological polar surface area (TPSA) is 61.5 Å². The molecule has 0 radical (unpaired) electrons. The quantitative estimate of drug-likeness (QED) is 0.847. The number of amides is 1. The van der Waals surface area contributed by atoms with Gasteiger partial charge in [-0.2, -0.15) is 5.26 Å². The van der Waals surface area contributed by atoms with Crippen LogP contribution < -0.4 is 9.88 Å². The number of hydrogen-bond donors (Lipinski definition) is 0. The predicted molar refractivity (Wildman–Crippen MR) is 97.5 cm³/mol. The zero-order chi connectivity index (χ0) is 18.1. The number of H-pyrrole nitrogens is 1. The molecule has 1 aliphatic carbocycles. The molecule has 25 heavy (non-hydrogen) atoms. The van der Waals surface area contributed by atoms with Crippen molar-refractivity contribution in [3.8, 4) is 6.07 Å². The number of aromatic amines is 1. The van der Waals surface area contributed by atoms with E-state index in [2.05, 4.69) is 29.8 Å². The Bertz CT molecular complexity index is 709. The average Bonchev–Trinajstić information content (AvgIpc) is 3.09. The normalized spacial score (nSPS) is 17.2. The number of nitriles is 1. The van der Waals surface area contributed by atoms with Crippen molar-refractivity contribution >= 4 is 11.7 Å². The van der Waals surface area contributed by atoms with E-state index in [-0.39, 0.29) is 11.8 Å². The van der Waals surface area contributed by atoms with Gasteiger partial charge in [-0.3, -0.25) is 9.69 Å². The molecule has 0 bridgehead atoms. The van der Waals surface area contributed by atoms with Crippen molar-refractivity contribution in [2.75, 3.05) is 31.1 Å². The van der Waals surface area contributed by atoms with E-state index in [9.17, 15) is 10.1 Å². The molecule has 0 unspecified atom stereocenters. The van der Waals surface area contributed by atoms with Gasteiger partial charge >= 0.3 is 0 Å². The Morgan fingerprint density at radius 1 is 1.08 bits per heavy atom. The fourth-order valence-corrected chi connectivity index (χ4v) is 4.09. The predicted octanol–water partition coefficient (Wildman–Crippen LogP) is 2.29. The first-order valence-corrected chi connectivity index (χ1v) is 9.48. The summed E-state index contributed by atoms with van der Waals surface area (Å²) in [6.07, 6.45) is 3.22. The molecule has 1 fully saturated rings. The van der Waals surface area contributed by atoms with E-state index >= 15 is 0 Å². The zero-order valence-electron chi connectivity index (χ0n) is 15.9. The van der Waals surface area contributed by atoms with Gasteiger partial charge in [0.15, 0.2) is 0 Å². The molecule has 0 spiro atoms. The Kier molecular flexibility index (Phi) is 4.99. The van der Waals surface area contributed by atoms with Crippen LogP contribution >= 0.6 is 0 Å². The van der Waals surface area contributed by atoms with Crippen LogP contribution in [0.1, 0.15) is 62.4 Å². The molecule has 1 amide bonds. The molecule has 1 aromatic rings. The third-order valence-electron chi connectivity index (χ3n) is 5.43. The maximum absolute atomic E-state index is 12.2. The maximum Gasteiger partial charge on any atom is 0.293 e. The van der Waals surface area contributed by atoms with Gasteiger partial charge in [-0.1, -0.05) is 27.7 Å². The minimum absolute atomic E-state index is 0.0420. The fourth-order valence-electron chi connectivity index (χ4n) is 4.09. The minimum atomic E-state index is 0.0420. The van der Waals surface area contributed by atoms with E-state index < -0.39 is 0 Å². The molecule has 2 heterocycles. The zero-order valence-corrected chi connectivity index (χ0v) is 15.9. The van der Waals surface area contributed by atoms with Gasteiger partial charge in [-0.05, 0) is 30.4 Å². The number of aromatic nitrogens is 1. The lowest BCUT2D eigenvalue weighted by Gasteiger charge is -2.32. The summed E-state index contributed by atoms with van der Waals surface area (Å²) < 4.78 is 0. The summed E-state index contributed by atoms with van der Waals surface area (Å²) in [6.45, 7) is 11.3. The second-order valence-corrected chi connectivity index (χ2v) is 7.81. The number of carbonyl (C=O) groups excluding carboxylic acids is 1. The summed E-state index contributed by atoms with van der Waals surface area (Å²) in [5, 5.41) is 9.79. The molecule has 5 nitrogen and oxygen atoms in total. The largest absolute Gasteiger partial charge is 0.335 e. The standard InChI is InChI=1S/C20H28N4O/c1-13(2)18-16-7-5-6-15(16)17(12-21)19(22-18)23-8-10-24(11-9-23)20(25)14(3)4/h13-14H,5-11H2,1-4H3/p+1. The van der Waals surface area contributed by atoms with Gasteiger partial charge in [-0.25, -0.2) is 4.98 Å². The van der Waals surface area contributed by atoms with E-state index in [4.69, 9.17) is 0 Å². The van der Waals surface area contributed by atoms with Gasteiger partial charge in [0, 0.05) is 11.8 Å². The molecule has 0 aromatic carbocycles. The van der Waals surface area contributed by atoms with E-state index in [1.165, 1.54) is 16.8 Å². The highest BCUT2D eigenvalue weighted by Crippen LogP contribution is 2.33. The van der Waals surface area contributed by atoms with Crippen LogP contribution in [0.2, 0.25) is 0 Å². The fraction of sp³-hybridized carbons (Fsp3) is 0.650. The Labute approximate surface area is 150 Å². The summed E-state index contributed by atoms with van der Waals surface area (Å²) >= 11 is 0. The van der Waals surface area contributed by atoms with Crippen LogP contribution in [0.3, 0.4) is 0 Å². The van der Waals surface area contributed by atoms with Crippen LogP contribution in [0.25, 0.3) is 0 Å². The van der Waals surface area contributed by atoms with Gasteiger partial charge in [0.25, 0.3) is 5.82 Å². The number of carbonyl (C=O) groups is 1. The summed E-state index contributed by atoms with van der Waals surface area (Å²) in [6, 6.07) is 2.46. The monoisotopic (exact) mass is 341 g/mol. The van der Waals surface area contributed by atoms with Gasteiger partial charge in [0.1, 0.15) is 30.4 Å². The molecule has 5 heteroatoms. The van der Waals surface area contributed by atoms with Crippen molar-refractivity contribution in [2.45, 2.75) is 52.9 Å². The lowest BCUT2D eigenvalue weighted by molar-refractivity contribution is -0.379. The van der Waals surface area contributed by atoms with Crippen LogP contribution in [0.15, 0.2) is 0 Å². The van der Waals surface area contributed by atoms with Gasteiger partial charge in [0.2, 0.25) is 5.91 Å². The molecule has 0 atom stereocenters. The van der Waals surface area contributed by atoms with Gasteiger partial charge < -0.3 is 4.90 Å². The van der Waals surface area contributed by atoms with Crippen molar-refractivity contribution in [1.29, 1.82) is 5.26 Å². The van der Waals surface area contributed by atoms with Crippen LogP contribution in [0.5, 0.6) is 0 Å². The molecule has 0 saturated carbocycles. The number of hydrogen-bond acceptors (Lipinski definition) is 3. The highest BCUT2D eigenvalue weighted by atomic mass is 16.2. The van der Waals surface area contributed by atoms with E-state index in [0.717, 1.165) is 56.8 Å². The molecular formula is C20H29N4O+. The van der Waals surface area contributed by atoms with E-state index in [1.807, 2.05) is 18.7 Å². The number of nitrogens with zero attached hydrogens (tertiary/aromatic N) is 3. The van der Waals surface area contributed by atoms with Crippen molar-refractivity contribution < 1.29 is 9.78 Å². The SMILES string of the molecule is CC(C)C(=O)N1CCN(c2[nH+]c(C(C)C)c3c(c2C#N)CCC3)CC1. The third-order valence-corrected chi connectivity index (χ3v) is 5.43. The summed E-state index contributed by atoms with van der Waals surface area (Å²) in [4.78, 5) is 20.0. The summed E-state index contributed by atoms with van der Waals surface area (Å²) in [5.74, 6) is 1.65. The third kappa shape index (κ3) is 3.22. The van der Waals surface area contributed by atoms with E-state index in [0.29, 0.717) is 5.92 Å². The molecule has 2 aliphatic rings. The molecule has 1 aromatic heterocycles. The number of fused-ring (bicyclic) bond motifs is 1. The number of rotatable bonds is 3. The summed E-state index contributed by atoms with van der Waals surface area (Å²) in [5.41, 5.74) is 4.72. The summed E-state index contributed by atoms with van der Waals surface area (Å²) in [7, 11) is 0. The lowest BCUT2D eigenvalue weighted by Crippen LogP contribution is -2.51. The highest BCUT2D eigenvalue weighted by molar-refractivity contribution is 5.78. The van der Waals surface area contributed by atoms with Crippen molar-refractivity contribution in [1.82, 2.24) is 4.90 Å². The molecule has 1 aliphatic heterocycles. The Morgan fingerprint density at radius 3 is 2.28 bits per heavy atom. The lowest BCUT2D eigenvalue weighted by atomic mass is 9.97. The van der Waals surface area contributed by atoms with E-state index in [1.54, 1.807) is 0 Å². The molecule has 134 valence electrons. The first-order chi connectivity index (χ1) is 11.9. The van der Waals surface area contributed by atoms with Crippen LogP contribution in [-0.4, -0.2) is 37.0 Å². The molecule has 1 saturated heterocycles. The Balaban J connectivity index is 1.90. The van der Waals surface area contributed by atoms with Crippen LogP contribution in [0.4, 0.5) is 5.82 Å². The van der Waals surface area contributed by atoms with Crippen LogP contribution in [-0.2, 0) is 17.6 Å². The first kappa shape index (κ1) is 17.7. The van der Waals surface area contributed by atoms with Crippen LogP contribution in [0, 0.1) is 17.2 Å². The second kappa shape index (κ2) is 7.03. The average molecular weight is 341 g/mol. The van der Waals surface area contributed by atoms with Gasteiger partial charge in [0.05, 0.1) is 13.1 Å². The smallest absolute Gasteiger partial charge is 0.293 e. The number of piperazine rings is 1. The minimum Gasteiger partial charge on any atom is -0.335 e. The van der Waals surface area contributed by atoms with Gasteiger partial charge in [-0.15, -0.1) is 0 Å². The molecule has 1 N–H and O–H groups in total. The molecular weight excluding hydrogens is 312 g/mol. The van der Waals surface area contributed by atoms with Crippen molar-refractivity contribution in [3.05, 3.63) is 22.4 Å². The first-order valence-electron chi connectivity index (χ1n) is 9.48.